The number of amides is 1. The third-order valence-corrected chi connectivity index (χ3v) is 3.26. The molecule has 2 rings (SSSR count). The maximum absolute atomic E-state index is 12.1. The molecule has 1 heterocycles. The van der Waals surface area contributed by atoms with Crippen LogP contribution in [0.25, 0.3) is 5.69 Å². The molecule has 2 N–H and O–H groups in total. The molecule has 0 saturated heterocycles. The van der Waals surface area contributed by atoms with Crippen molar-refractivity contribution in [1.29, 1.82) is 0 Å². The summed E-state index contributed by atoms with van der Waals surface area (Å²) in [5.41, 5.74) is 1.24. The fourth-order valence-electron chi connectivity index (χ4n) is 1.86. The van der Waals surface area contributed by atoms with Crippen molar-refractivity contribution in [3.8, 4) is 5.69 Å². The van der Waals surface area contributed by atoms with Gasteiger partial charge in [0.15, 0.2) is 0 Å². The number of tetrazole rings is 1. The highest BCUT2D eigenvalue weighted by Gasteiger charge is 2.18. The van der Waals surface area contributed by atoms with Crippen molar-refractivity contribution in [2.75, 3.05) is 13.2 Å². The third-order valence-electron chi connectivity index (χ3n) is 3.26. The van der Waals surface area contributed by atoms with Gasteiger partial charge in [-0.15, -0.1) is 5.10 Å². The summed E-state index contributed by atoms with van der Waals surface area (Å²) >= 11 is 0. The molecule has 0 aliphatic heterocycles. The molecular formula is C14H19N5O2. The summed E-state index contributed by atoms with van der Waals surface area (Å²) in [7, 11) is 0. The molecule has 7 nitrogen and oxygen atoms in total. The summed E-state index contributed by atoms with van der Waals surface area (Å²) in [5, 5.41) is 22.8. The summed E-state index contributed by atoms with van der Waals surface area (Å²) in [6.45, 7) is 4.64. The SMILES string of the molecule is CC(C)(CCO)CNC(=O)c1ccc(-n2cnnn2)cc1. The molecule has 0 aliphatic carbocycles. The Labute approximate surface area is 123 Å². The molecule has 0 aliphatic rings. The first-order valence-electron chi connectivity index (χ1n) is 6.74. The van der Waals surface area contributed by atoms with Crippen LogP contribution in [-0.4, -0.2) is 44.4 Å². The average molecular weight is 289 g/mol. The van der Waals surface area contributed by atoms with Gasteiger partial charge in [0, 0.05) is 18.7 Å². The minimum absolute atomic E-state index is 0.115. The first-order chi connectivity index (χ1) is 10.0. The van der Waals surface area contributed by atoms with Crippen LogP contribution >= 0.6 is 0 Å². The summed E-state index contributed by atoms with van der Waals surface area (Å²) in [4.78, 5) is 12.1. The first-order valence-corrected chi connectivity index (χ1v) is 6.74. The maximum Gasteiger partial charge on any atom is 0.251 e. The van der Waals surface area contributed by atoms with Crippen LogP contribution in [0.1, 0.15) is 30.6 Å². The number of aliphatic hydroxyl groups is 1. The quantitative estimate of drug-likeness (QED) is 0.820. The van der Waals surface area contributed by atoms with Crippen molar-refractivity contribution in [2.24, 2.45) is 5.41 Å². The number of aromatic nitrogens is 4. The van der Waals surface area contributed by atoms with Gasteiger partial charge >= 0.3 is 0 Å². The number of carbonyl (C=O) groups is 1. The van der Waals surface area contributed by atoms with Crippen molar-refractivity contribution in [3.05, 3.63) is 36.2 Å². The van der Waals surface area contributed by atoms with E-state index in [1.807, 2.05) is 13.8 Å². The number of aliphatic hydroxyl groups excluding tert-OH is 1. The van der Waals surface area contributed by atoms with Gasteiger partial charge in [-0.05, 0) is 46.5 Å². The van der Waals surface area contributed by atoms with E-state index in [0.717, 1.165) is 5.69 Å². The van der Waals surface area contributed by atoms with E-state index in [9.17, 15) is 4.79 Å². The second-order valence-electron chi connectivity index (χ2n) is 5.62. The van der Waals surface area contributed by atoms with Crippen molar-refractivity contribution < 1.29 is 9.90 Å². The van der Waals surface area contributed by atoms with E-state index in [2.05, 4.69) is 20.8 Å². The number of nitrogens with zero attached hydrogens (tertiary/aromatic N) is 4. The van der Waals surface area contributed by atoms with Gasteiger partial charge in [-0.1, -0.05) is 13.8 Å². The van der Waals surface area contributed by atoms with E-state index in [1.165, 1.54) is 11.0 Å². The second-order valence-corrected chi connectivity index (χ2v) is 5.62. The zero-order chi connectivity index (χ0) is 15.3. The van der Waals surface area contributed by atoms with Gasteiger partial charge < -0.3 is 10.4 Å². The van der Waals surface area contributed by atoms with E-state index in [0.29, 0.717) is 18.5 Å². The highest BCUT2D eigenvalue weighted by molar-refractivity contribution is 5.94. The lowest BCUT2D eigenvalue weighted by atomic mass is 9.89. The third kappa shape index (κ3) is 4.09. The Kier molecular flexibility index (Phi) is 4.64. The fraction of sp³-hybridized carbons (Fsp3) is 0.429. The highest BCUT2D eigenvalue weighted by Crippen LogP contribution is 2.18. The van der Waals surface area contributed by atoms with Crippen LogP contribution in [0.3, 0.4) is 0 Å². The largest absolute Gasteiger partial charge is 0.396 e. The zero-order valence-electron chi connectivity index (χ0n) is 12.2. The van der Waals surface area contributed by atoms with Gasteiger partial charge in [0.05, 0.1) is 5.69 Å². The van der Waals surface area contributed by atoms with Gasteiger partial charge in [0.1, 0.15) is 6.33 Å². The Morgan fingerprint density at radius 3 is 2.62 bits per heavy atom. The topological polar surface area (TPSA) is 92.9 Å². The molecule has 112 valence electrons. The van der Waals surface area contributed by atoms with Crippen LogP contribution in [0.2, 0.25) is 0 Å². The number of hydrogen-bond donors (Lipinski definition) is 2. The number of hydrogen-bond acceptors (Lipinski definition) is 5. The van der Waals surface area contributed by atoms with Gasteiger partial charge in [-0.25, -0.2) is 4.68 Å². The maximum atomic E-state index is 12.1. The predicted molar refractivity (Wildman–Crippen MR) is 77.0 cm³/mol. The predicted octanol–water partition coefficient (Wildman–Crippen LogP) is 0.801. The lowest BCUT2D eigenvalue weighted by Gasteiger charge is -2.23. The van der Waals surface area contributed by atoms with Crippen molar-refractivity contribution >= 4 is 5.91 Å². The van der Waals surface area contributed by atoms with Crippen molar-refractivity contribution in [2.45, 2.75) is 20.3 Å². The molecule has 2 aromatic rings. The molecule has 0 unspecified atom stereocenters. The van der Waals surface area contributed by atoms with Crippen LogP contribution in [0.4, 0.5) is 0 Å². The monoisotopic (exact) mass is 289 g/mol. The Balaban J connectivity index is 1.97. The zero-order valence-corrected chi connectivity index (χ0v) is 12.2. The van der Waals surface area contributed by atoms with E-state index in [4.69, 9.17) is 5.11 Å². The lowest BCUT2D eigenvalue weighted by molar-refractivity contribution is 0.0928. The Morgan fingerprint density at radius 2 is 2.05 bits per heavy atom. The average Bonchev–Trinajstić information content (AvgIpc) is 2.99. The summed E-state index contributed by atoms with van der Waals surface area (Å²) in [6, 6.07) is 7.02. The molecule has 0 atom stereocenters. The molecule has 0 spiro atoms. The smallest absolute Gasteiger partial charge is 0.251 e. The summed E-state index contributed by atoms with van der Waals surface area (Å²) in [5.74, 6) is -0.135. The van der Waals surface area contributed by atoms with Crippen LogP contribution in [-0.2, 0) is 0 Å². The molecule has 1 aromatic heterocycles. The molecule has 7 heteroatoms. The molecule has 0 bridgehead atoms. The number of rotatable bonds is 6. The first kappa shape index (κ1) is 15.1. The van der Waals surface area contributed by atoms with Gasteiger partial charge in [-0.3, -0.25) is 4.79 Å². The second kappa shape index (κ2) is 6.45. The molecule has 0 radical (unpaired) electrons. The van der Waals surface area contributed by atoms with Crippen LogP contribution in [0.5, 0.6) is 0 Å². The minimum Gasteiger partial charge on any atom is -0.396 e. The Hall–Kier alpha value is -2.28. The summed E-state index contributed by atoms with van der Waals surface area (Å²) in [6.07, 6.45) is 2.14. The Bertz CT molecular complexity index is 578. The van der Waals surface area contributed by atoms with E-state index >= 15 is 0 Å². The van der Waals surface area contributed by atoms with Gasteiger partial charge in [0.2, 0.25) is 0 Å². The molecule has 1 amide bonds. The molecule has 0 fully saturated rings. The molecule has 1 aromatic carbocycles. The van der Waals surface area contributed by atoms with E-state index in [-0.39, 0.29) is 17.9 Å². The van der Waals surface area contributed by atoms with Crippen LogP contribution < -0.4 is 5.32 Å². The number of carbonyl (C=O) groups excluding carboxylic acids is 1. The molecule has 0 saturated carbocycles. The van der Waals surface area contributed by atoms with Gasteiger partial charge in [0.25, 0.3) is 5.91 Å². The number of benzene rings is 1. The Morgan fingerprint density at radius 1 is 1.33 bits per heavy atom. The van der Waals surface area contributed by atoms with E-state index < -0.39 is 0 Å². The van der Waals surface area contributed by atoms with Crippen LogP contribution in [0.15, 0.2) is 30.6 Å². The highest BCUT2D eigenvalue weighted by atomic mass is 16.3. The lowest BCUT2D eigenvalue weighted by Crippen LogP contribution is -2.34. The normalized spacial score (nSPS) is 11.4. The molecule has 21 heavy (non-hydrogen) atoms. The van der Waals surface area contributed by atoms with Crippen LogP contribution in [0, 0.1) is 5.41 Å². The standard InChI is InChI=1S/C14H19N5O2/c1-14(2,7-8-20)9-15-13(21)11-3-5-12(6-4-11)19-10-16-17-18-19/h3-6,10,20H,7-9H2,1-2H3,(H,15,21). The fourth-order valence-corrected chi connectivity index (χ4v) is 1.86. The minimum atomic E-state index is -0.135. The van der Waals surface area contributed by atoms with Crippen molar-refractivity contribution in [1.82, 2.24) is 25.5 Å². The van der Waals surface area contributed by atoms with E-state index in [1.54, 1.807) is 24.3 Å². The number of nitrogens with one attached hydrogen (secondary N) is 1. The van der Waals surface area contributed by atoms with Crippen molar-refractivity contribution in [3.63, 3.8) is 0 Å². The molecular weight excluding hydrogens is 270 g/mol. The summed E-state index contributed by atoms with van der Waals surface area (Å²) < 4.78 is 1.52. The van der Waals surface area contributed by atoms with Gasteiger partial charge in [-0.2, -0.15) is 0 Å².